The van der Waals surface area contributed by atoms with Crippen LogP contribution in [0.15, 0.2) is 53.7 Å². The van der Waals surface area contributed by atoms with Crippen molar-refractivity contribution >= 4 is 35.8 Å². The van der Waals surface area contributed by atoms with Crippen molar-refractivity contribution in [3.63, 3.8) is 0 Å². The zero-order valence-electron chi connectivity index (χ0n) is 14.9. The molecule has 0 saturated carbocycles. The highest BCUT2D eigenvalue weighted by Crippen LogP contribution is 2.12. The first-order valence-electron chi connectivity index (χ1n) is 8.62. The maximum Gasteiger partial charge on any atom is 0.193 e. The van der Waals surface area contributed by atoms with E-state index in [9.17, 15) is 4.39 Å². The fourth-order valence-electron chi connectivity index (χ4n) is 3.03. The van der Waals surface area contributed by atoms with Crippen LogP contribution in [0.2, 0.25) is 0 Å². The molecule has 1 saturated heterocycles. The third-order valence-electron chi connectivity index (χ3n) is 4.35. The Labute approximate surface area is 171 Å². The van der Waals surface area contributed by atoms with Gasteiger partial charge in [0.2, 0.25) is 0 Å². The molecular weight excluding hydrogens is 444 g/mol. The van der Waals surface area contributed by atoms with Gasteiger partial charge in [0.15, 0.2) is 5.96 Å². The lowest BCUT2D eigenvalue weighted by Gasteiger charge is -2.37. The van der Waals surface area contributed by atoms with Crippen molar-refractivity contribution in [3.05, 3.63) is 60.0 Å². The second kappa shape index (κ2) is 10.3. The second-order valence-corrected chi connectivity index (χ2v) is 6.02. The minimum Gasteiger partial charge on any atom is -0.356 e. The highest BCUT2D eigenvalue weighted by Gasteiger charge is 2.20. The fraction of sp³-hybridized carbons (Fsp3) is 0.368. The van der Waals surface area contributed by atoms with Crippen molar-refractivity contribution < 1.29 is 4.39 Å². The molecule has 1 N–H and O–H groups in total. The van der Waals surface area contributed by atoms with Gasteiger partial charge in [0.1, 0.15) is 11.6 Å². The summed E-state index contributed by atoms with van der Waals surface area (Å²) < 4.78 is 13.2. The maximum absolute atomic E-state index is 13.2. The number of rotatable bonds is 4. The van der Waals surface area contributed by atoms with Crippen molar-refractivity contribution in [2.75, 3.05) is 44.7 Å². The van der Waals surface area contributed by atoms with Gasteiger partial charge in [-0.3, -0.25) is 4.99 Å². The molecule has 0 amide bonds. The molecule has 7 heteroatoms. The molecule has 5 nitrogen and oxygen atoms in total. The zero-order valence-corrected chi connectivity index (χ0v) is 17.3. The van der Waals surface area contributed by atoms with Crippen molar-refractivity contribution in [3.8, 4) is 0 Å². The van der Waals surface area contributed by atoms with Crippen molar-refractivity contribution in [1.82, 2.24) is 15.2 Å². The molecule has 1 aromatic heterocycles. The predicted octanol–water partition coefficient (Wildman–Crippen LogP) is 2.78. The van der Waals surface area contributed by atoms with Crippen LogP contribution in [-0.2, 0) is 6.42 Å². The lowest BCUT2D eigenvalue weighted by Crippen LogP contribution is -2.53. The summed E-state index contributed by atoms with van der Waals surface area (Å²) in [4.78, 5) is 13.3. The second-order valence-electron chi connectivity index (χ2n) is 6.02. The zero-order chi connectivity index (χ0) is 17.5. The quantitative estimate of drug-likeness (QED) is 0.425. The number of benzene rings is 1. The Morgan fingerprint density at radius 3 is 2.62 bits per heavy atom. The first kappa shape index (κ1) is 20.4. The lowest BCUT2D eigenvalue weighted by molar-refractivity contribution is 0.372. The van der Waals surface area contributed by atoms with Gasteiger partial charge in [-0.2, -0.15) is 0 Å². The Kier molecular flexibility index (Phi) is 8.08. The summed E-state index contributed by atoms with van der Waals surface area (Å²) >= 11 is 0. The van der Waals surface area contributed by atoms with Crippen molar-refractivity contribution in [2.24, 2.45) is 4.99 Å². The van der Waals surface area contributed by atoms with E-state index in [2.05, 4.69) is 25.1 Å². The minimum atomic E-state index is -0.187. The summed E-state index contributed by atoms with van der Waals surface area (Å²) in [6.07, 6.45) is 2.60. The number of anilines is 1. The number of pyridine rings is 1. The van der Waals surface area contributed by atoms with E-state index in [4.69, 9.17) is 0 Å². The van der Waals surface area contributed by atoms with Crippen LogP contribution >= 0.6 is 24.0 Å². The molecule has 0 bridgehead atoms. The number of halogens is 2. The fourth-order valence-corrected chi connectivity index (χ4v) is 3.03. The van der Waals surface area contributed by atoms with Crippen molar-refractivity contribution in [2.45, 2.75) is 6.42 Å². The van der Waals surface area contributed by atoms with Crippen LogP contribution in [0.1, 0.15) is 5.56 Å². The van der Waals surface area contributed by atoms with Gasteiger partial charge in [0.25, 0.3) is 0 Å². The van der Waals surface area contributed by atoms with Crippen LogP contribution < -0.4 is 10.2 Å². The van der Waals surface area contributed by atoms with Crippen LogP contribution in [0.25, 0.3) is 0 Å². The van der Waals surface area contributed by atoms with Gasteiger partial charge in [-0.1, -0.05) is 18.2 Å². The van der Waals surface area contributed by atoms with E-state index < -0.39 is 0 Å². The molecule has 2 heterocycles. The van der Waals surface area contributed by atoms with E-state index in [1.165, 1.54) is 6.07 Å². The number of hydrogen-bond acceptors (Lipinski definition) is 3. The summed E-state index contributed by atoms with van der Waals surface area (Å²) in [5.74, 6) is 1.74. The van der Waals surface area contributed by atoms with E-state index >= 15 is 0 Å². The van der Waals surface area contributed by atoms with Gasteiger partial charge in [0.05, 0.1) is 0 Å². The Morgan fingerprint density at radius 2 is 1.96 bits per heavy atom. The van der Waals surface area contributed by atoms with E-state index in [1.54, 1.807) is 19.2 Å². The number of guanidine groups is 1. The average molecular weight is 469 g/mol. The topological polar surface area (TPSA) is 43.8 Å². The molecule has 1 fully saturated rings. The third kappa shape index (κ3) is 5.55. The molecule has 2 aromatic rings. The molecule has 1 aliphatic rings. The Morgan fingerprint density at radius 1 is 1.15 bits per heavy atom. The maximum atomic E-state index is 13.2. The van der Waals surface area contributed by atoms with E-state index in [1.807, 2.05) is 30.5 Å². The van der Waals surface area contributed by atoms with Crippen LogP contribution in [0.3, 0.4) is 0 Å². The van der Waals surface area contributed by atoms with Crippen molar-refractivity contribution in [1.29, 1.82) is 0 Å². The molecule has 0 unspecified atom stereocenters. The standard InChI is InChI=1S/C19H24FN5.HI/c1-21-19(23-10-8-16-5-4-6-17(20)15-16)25-13-11-24(12-14-25)18-7-2-3-9-22-18;/h2-7,9,15H,8,10-14H2,1H3,(H,21,23);1H. The number of hydrogen-bond donors (Lipinski definition) is 1. The molecule has 0 spiro atoms. The first-order valence-corrected chi connectivity index (χ1v) is 8.62. The summed E-state index contributed by atoms with van der Waals surface area (Å²) in [5, 5.41) is 3.38. The first-order chi connectivity index (χ1) is 12.3. The van der Waals surface area contributed by atoms with Crippen LogP contribution in [0.5, 0.6) is 0 Å². The highest BCUT2D eigenvalue weighted by atomic mass is 127. The number of piperazine rings is 1. The highest BCUT2D eigenvalue weighted by molar-refractivity contribution is 14.0. The number of aliphatic imine (C=N–C) groups is 1. The van der Waals surface area contributed by atoms with Gasteiger partial charge in [-0.25, -0.2) is 9.37 Å². The molecular formula is C19H25FIN5. The Balaban J connectivity index is 0.00000243. The minimum absolute atomic E-state index is 0. The summed E-state index contributed by atoms with van der Waals surface area (Å²) in [5.41, 5.74) is 0.989. The van der Waals surface area contributed by atoms with E-state index in [0.717, 1.165) is 56.5 Å². The molecule has 3 rings (SSSR count). The molecule has 140 valence electrons. The molecule has 0 radical (unpaired) electrons. The largest absolute Gasteiger partial charge is 0.356 e. The van der Waals surface area contributed by atoms with Crippen LogP contribution in [0, 0.1) is 5.82 Å². The number of nitrogens with one attached hydrogen (secondary N) is 1. The molecule has 26 heavy (non-hydrogen) atoms. The summed E-state index contributed by atoms with van der Waals surface area (Å²) in [7, 11) is 1.80. The molecule has 1 aromatic carbocycles. The van der Waals surface area contributed by atoms with E-state index in [-0.39, 0.29) is 29.8 Å². The molecule has 0 atom stereocenters. The number of aromatic nitrogens is 1. The summed E-state index contributed by atoms with van der Waals surface area (Å²) in [6.45, 7) is 4.37. The SMILES string of the molecule is CN=C(NCCc1cccc(F)c1)N1CCN(c2ccccn2)CC1.I. The third-order valence-corrected chi connectivity index (χ3v) is 4.35. The van der Waals surface area contributed by atoms with Crippen LogP contribution in [0.4, 0.5) is 10.2 Å². The number of nitrogens with zero attached hydrogens (tertiary/aromatic N) is 4. The Bertz CT molecular complexity index is 702. The monoisotopic (exact) mass is 469 g/mol. The molecule has 1 aliphatic heterocycles. The van der Waals surface area contributed by atoms with Gasteiger partial charge >= 0.3 is 0 Å². The smallest absolute Gasteiger partial charge is 0.193 e. The van der Waals surface area contributed by atoms with E-state index in [0.29, 0.717) is 0 Å². The predicted molar refractivity (Wildman–Crippen MR) is 115 cm³/mol. The average Bonchev–Trinajstić information content (AvgIpc) is 2.66. The van der Waals surface area contributed by atoms with Gasteiger partial charge in [0, 0.05) is 46.0 Å². The van der Waals surface area contributed by atoms with Gasteiger partial charge in [-0.05, 0) is 36.2 Å². The molecule has 0 aliphatic carbocycles. The normalized spacial score (nSPS) is 14.8. The van der Waals surface area contributed by atoms with Crippen LogP contribution in [-0.4, -0.2) is 55.6 Å². The lowest BCUT2D eigenvalue weighted by atomic mass is 10.1. The van der Waals surface area contributed by atoms with Gasteiger partial charge in [-0.15, -0.1) is 24.0 Å². The Hall–Kier alpha value is -1.90. The van der Waals surface area contributed by atoms with Gasteiger partial charge < -0.3 is 15.1 Å². The summed E-state index contributed by atoms with van der Waals surface area (Å²) in [6, 6.07) is 12.7.